The second-order valence-electron chi connectivity index (χ2n) is 4.24. The first kappa shape index (κ1) is 14.8. The van der Waals surface area contributed by atoms with Crippen LogP contribution >= 0.6 is 22.6 Å². The lowest BCUT2D eigenvalue weighted by Crippen LogP contribution is -2.22. The topological polar surface area (TPSA) is 31.2 Å². The number of ether oxygens (including phenoxy) is 1. The molecule has 2 aromatic rings. The number of rotatable bonds is 5. The van der Waals surface area contributed by atoms with Gasteiger partial charge in [0.2, 0.25) is 0 Å². The highest BCUT2D eigenvalue weighted by Gasteiger charge is 2.07. The van der Waals surface area contributed by atoms with Crippen LogP contribution in [0.5, 0.6) is 5.75 Å². The van der Waals surface area contributed by atoms with Crippen molar-refractivity contribution in [3.05, 3.63) is 63.0 Å². The molecule has 0 amide bonds. The number of benzene rings is 1. The average molecular weight is 381 g/mol. The van der Waals surface area contributed by atoms with E-state index in [1.165, 1.54) is 0 Å². The van der Waals surface area contributed by atoms with Crippen LogP contribution in [0.3, 0.4) is 0 Å². The largest absolute Gasteiger partial charge is 0.490 e. The molecule has 20 heavy (non-hydrogen) atoms. The molecule has 0 fully saturated rings. The van der Waals surface area contributed by atoms with Crippen LogP contribution in [0.4, 0.5) is 0 Å². The zero-order valence-corrected chi connectivity index (χ0v) is 13.5. The molecule has 3 nitrogen and oxygen atoms in total. The van der Waals surface area contributed by atoms with E-state index in [4.69, 9.17) is 4.74 Å². The van der Waals surface area contributed by atoms with Gasteiger partial charge in [0.25, 0.3) is 5.56 Å². The Labute approximate surface area is 132 Å². The third kappa shape index (κ3) is 3.12. The normalized spacial score (nSPS) is 10.3. The molecule has 0 aliphatic rings. The van der Waals surface area contributed by atoms with Gasteiger partial charge < -0.3 is 9.30 Å². The molecule has 0 aliphatic carbocycles. The van der Waals surface area contributed by atoms with Gasteiger partial charge in [0, 0.05) is 6.54 Å². The first-order valence-electron chi connectivity index (χ1n) is 6.41. The first-order valence-corrected chi connectivity index (χ1v) is 7.48. The number of aromatic nitrogens is 1. The summed E-state index contributed by atoms with van der Waals surface area (Å²) in [5.41, 5.74) is 1.98. The van der Waals surface area contributed by atoms with Gasteiger partial charge in [-0.25, -0.2) is 0 Å². The summed E-state index contributed by atoms with van der Waals surface area (Å²) in [6.45, 7) is 6.73. The van der Waals surface area contributed by atoms with Crippen molar-refractivity contribution in [2.75, 3.05) is 6.61 Å². The number of halogens is 1. The summed E-state index contributed by atoms with van der Waals surface area (Å²) >= 11 is 2.07. The molecule has 0 radical (unpaired) electrons. The zero-order valence-electron chi connectivity index (χ0n) is 11.3. The fourth-order valence-electron chi connectivity index (χ4n) is 1.99. The number of hydrogen-bond donors (Lipinski definition) is 0. The lowest BCUT2D eigenvalue weighted by Gasteiger charge is -2.12. The summed E-state index contributed by atoms with van der Waals surface area (Å²) in [6, 6.07) is 11.6. The predicted octanol–water partition coefficient (Wildman–Crippen LogP) is 3.70. The van der Waals surface area contributed by atoms with Crippen LogP contribution in [0, 0.1) is 3.57 Å². The summed E-state index contributed by atoms with van der Waals surface area (Å²) in [5.74, 6) is 0.796. The van der Waals surface area contributed by atoms with E-state index in [0.717, 1.165) is 20.6 Å². The van der Waals surface area contributed by atoms with Gasteiger partial charge in [0.15, 0.2) is 0 Å². The van der Waals surface area contributed by atoms with Gasteiger partial charge in [-0.15, -0.1) is 0 Å². The Bertz CT molecular complexity index is 659. The molecule has 0 saturated heterocycles. The molecular weight excluding hydrogens is 365 g/mol. The van der Waals surface area contributed by atoms with Crippen molar-refractivity contribution in [2.24, 2.45) is 0 Å². The van der Waals surface area contributed by atoms with Crippen LogP contribution in [0.2, 0.25) is 0 Å². The summed E-state index contributed by atoms with van der Waals surface area (Å²) in [7, 11) is 0. The molecule has 1 aromatic heterocycles. The van der Waals surface area contributed by atoms with Gasteiger partial charge in [0.1, 0.15) is 12.4 Å². The highest BCUT2D eigenvalue weighted by Crippen LogP contribution is 2.22. The molecule has 4 heteroatoms. The number of pyridine rings is 1. The highest BCUT2D eigenvalue weighted by molar-refractivity contribution is 14.1. The monoisotopic (exact) mass is 381 g/mol. The maximum Gasteiger partial charge on any atom is 0.264 e. The second-order valence-corrected chi connectivity index (χ2v) is 5.40. The van der Waals surface area contributed by atoms with E-state index in [-0.39, 0.29) is 5.56 Å². The Morgan fingerprint density at radius 2 is 1.95 bits per heavy atom. The third-order valence-corrected chi connectivity index (χ3v) is 3.78. The minimum Gasteiger partial charge on any atom is -0.490 e. The smallest absolute Gasteiger partial charge is 0.264 e. The summed E-state index contributed by atoms with van der Waals surface area (Å²) in [4.78, 5) is 12.1. The van der Waals surface area contributed by atoms with Crippen LogP contribution in [0.15, 0.2) is 53.8 Å². The van der Waals surface area contributed by atoms with Crippen LogP contribution in [0.1, 0.15) is 6.92 Å². The van der Waals surface area contributed by atoms with E-state index >= 15 is 0 Å². The molecule has 0 saturated carbocycles. The average Bonchev–Trinajstić information content (AvgIpc) is 2.48. The lowest BCUT2D eigenvalue weighted by atomic mass is 10.1. The Hall–Kier alpha value is -1.56. The van der Waals surface area contributed by atoms with E-state index in [9.17, 15) is 4.79 Å². The van der Waals surface area contributed by atoms with Crippen molar-refractivity contribution in [2.45, 2.75) is 13.5 Å². The van der Waals surface area contributed by atoms with Crippen LogP contribution in [-0.2, 0) is 6.54 Å². The Morgan fingerprint density at radius 1 is 1.25 bits per heavy atom. The fraction of sp³-hybridized carbons (Fsp3) is 0.188. The van der Waals surface area contributed by atoms with Gasteiger partial charge in [-0.1, -0.05) is 12.7 Å². The maximum atomic E-state index is 12.1. The quantitative estimate of drug-likeness (QED) is 0.584. The molecule has 1 heterocycles. The molecule has 0 aliphatic heterocycles. The van der Waals surface area contributed by atoms with Gasteiger partial charge in [-0.05, 0) is 71.5 Å². The van der Waals surface area contributed by atoms with Crippen molar-refractivity contribution in [3.8, 4) is 17.0 Å². The van der Waals surface area contributed by atoms with Crippen LogP contribution in [-0.4, -0.2) is 11.2 Å². The minimum absolute atomic E-state index is 0.0533. The van der Waals surface area contributed by atoms with Gasteiger partial charge in [0.05, 0.1) is 9.26 Å². The molecule has 1 aromatic carbocycles. The molecule has 0 bridgehead atoms. The van der Waals surface area contributed by atoms with Crippen molar-refractivity contribution in [1.29, 1.82) is 0 Å². The molecule has 2 rings (SSSR count). The zero-order chi connectivity index (χ0) is 14.5. The Balaban J connectivity index is 2.39. The summed E-state index contributed by atoms with van der Waals surface area (Å²) in [6.07, 6.45) is 1.71. The minimum atomic E-state index is 0.0533. The summed E-state index contributed by atoms with van der Waals surface area (Å²) in [5, 5.41) is 0. The standard InChI is InChI=1S/C16H16INO2/c1-3-11-20-13-7-5-12(6-8-13)15-10-9-14(17)16(19)18(15)4-2/h3,5-10H,1,4,11H2,2H3. The summed E-state index contributed by atoms with van der Waals surface area (Å²) < 4.78 is 7.97. The number of hydrogen-bond acceptors (Lipinski definition) is 2. The maximum absolute atomic E-state index is 12.1. The van der Waals surface area contributed by atoms with E-state index in [2.05, 4.69) is 29.2 Å². The Morgan fingerprint density at radius 3 is 2.55 bits per heavy atom. The van der Waals surface area contributed by atoms with Crippen molar-refractivity contribution < 1.29 is 4.74 Å². The Kier molecular flexibility index (Phi) is 5.00. The van der Waals surface area contributed by atoms with E-state index in [1.807, 2.05) is 43.3 Å². The third-order valence-electron chi connectivity index (χ3n) is 2.96. The molecule has 0 atom stereocenters. The van der Waals surface area contributed by atoms with Gasteiger partial charge >= 0.3 is 0 Å². The second kappa shape index (κ2) is 6.74. The fourth-order valence-corrected chi connectivity index (χ4v) is 2.47. The molecule has 104 valence electrons. The van der Waals surface area contributed by atoms with E-state index < -0.39 is 0 Å². The SMILES string of the molecule is C=CCOc1ccc(-c2ccc(I)c(=O)n2CC)cc1. The molecular formula is C16H16INO2. The van der Waals surface area contributed by atoms with Gasteiger partial charge in [-0.3, -0.25) is 4.79 Å². The van der Waals surface area contributed by atoms with Crippen molar-refractivity contribution in [1.82, 2.24) is 4.57 Å². The van der Waals surface area contributed by atoms with Crippen LogP contribution in [0.25, 0.3) is 11.3 Å². The predicted molar refractivity (Wildman–Crippen MR) is 90.2 cm³/mol. The highest BCUT2D eigenvalue weighted by atomic mass is 127. The molecule has 0 spiro atoms. The van der Waals surface area contributed by atoms with Crippen LogP contribution < -0.4 is 10.3 Å². The van der Waals surface area contributed by atoms with Crippen molar-refractivity contribution >= 4 is 22.6 Å². The van der Waals surface area contributed by atoms with Gasteiger partial charge in [-0.2, -0.15) is 0 Å². The van der Waals surface area contributed by atoms with E-state index in [1.54, 1.807) is 10.6 Å². The van der Waals surface area contributed by atoms with E-state index in [0.29, 0.717) is 13.2 Å². The number of nitrogens with zero attached hydrogens (tertiary/aromatic N) is 1. The lowest BCUT2D eigenvalue weighted by molar-refractivity contribution is 0.363. The molecule has 0 unspecified atom stereocenters. The molecule has 0 N–H and O–H groups in total. The first-order chi connectivity index (χ1) is 9.67. The van der Waals surface area contributed by atoms with Crippen molar-refractivity contribution in [3.63, 3.8) is 0 Å².